The third-order valence-corrected chi connectivity index (χ3v) is 4.30. The lowest BCUT2D eigenvalue weighted by molar-refractivity contribution is 0.641. The van der Waals surface area contributed by atoms with E-state index < -0.39 is 0 Å². The molecule has 1 aromatic rings. The number of hydrogen-bond acceptors (Lipinski definition) is 3. The first-order valence-electron chi connectivity index (χ1n) is 8.06. The van der Waals surface area contributed by atoms with E-state index in [1.807, 2.05) is 0 Å². The van der Waals surface area contributed by atoms with Crippen LogP contribution in [0.3, 0.4) is 0 Å². The average Bonchev–Trinajstić information content (AvgIpc) is 2.98. The Bertz CT molecular complexity index is 422. The molecule has 1 aromatic heterocycles. The molecular formula is C17H29N3. The van der Waals surface area contributed by atoms with E-state index in [2.05, 4.69) is 50.2 Å². The summed E-state index contributed by atoms with van der Waals surface area (Å²) in [6.07, 6.45) is 5.35. The lowest BCUT2D eigenvalue weighted by Gasteiger charge is -2.27. The summed E-state index contributed by atoms with van der Waals surface area (Å²) >= 11 is 0. The third-order valence-electron chi connectivity index (χ3n) is 4.30. The first-order valence-corrected chi connectivity index (χ1v) is 8.06. The maximum atomic E-state index is 4.88. The smallest absolute Gasteiger partial charge is 0.129 e. The van der Waals surface area contributed by atoms with Crippen LogP contribution in [0.2, 0.25) is 0 Å². The van der Waals surface area contributed by atoms with Crippen molar-refractivity contribution in [3.8, 4) is 0 Å². The summed E-state index contributed by atoms with van der Waals surface area (Å²) in [5, 5.41) is 3.42. The third kappa shape index (κ3) is 3.72. The number of aromatic nitrogens is 1. The normalized spacial score (nSPS) is 16.1. The van der Waals surface area contributed by atoms with E-state index in [-0.39, 0.29) is 0 Å². The van der Waals surface area contributed by atoms with E-state index in [0.29, 0.717) is 12.0 Å². The van der Waals surface area contributed by atoms with Crippen LogP contribution in [-0.4, -0.2) is 24.6 Å². The highest BCUT2D eigenvalue weighted by Gasteiger charge is 2.21. The van der Waals surface area contributed by atoms with Crippen molar-refractivity contribution in [1.29, 1.82) is 0 Å². The van der Waals surface area contributed by atoms with Crippen LogP contribution in [0, 0.1) is 0 Å². The van der Waals surface area contributed by atoms with Crippen LogP contribution in [-0.2, 0) is 6.54 Å². The summed E-state index contributed by atoms with van der Waals surface area (Å²) in [6.45, 7) is 8.53. The van der Waals surface area contributed by atoms with Gasteiger partial charge in [0.15, 0.2) is 0 Å². The molecule has 112 valence electrons. The van der Waals surface area contributed by atoms with Gasteiger partial charge in [-0.2, -0.15) is 0 Å². The molecule has 3 nitrogen and oxygen atoms in total. The number of anilines is 1. The Kier molecular flexibility index (Phi) is 5.41. The van der Waals surface area contributed by atoms with Crippen molar-refractivity contribution in [2.45, 2.75) is 65.0 Å². The van der Waals surface area contributed by atoms with Gasteiger partial charge in [-0.15, -0.1) is 0 Å². The molecule has 0 radical (unpaired) electrons. The van der Waals surface area contributed by atoms with Crippen molar-refractivity contribution in [2.24, 2.45) is 0 Å². The molecule has 1 fully saturated rings. The molecule has 0 spiro atoms. The molecular weight excluding hydrogens is 246 g/mol. The minimum atomic E-state index is 0.479. The molecule has 1 aliphatic rings. The zero-order valence-corrected chi connectivity index (χ0v) is 13.4. The number of nitrogens with one attached hydrogen (secondary N) is 1. The minimum absolute atomic E-state index is 0.479. The first-order chi connectivity index (χ1) is 9.61. The van der Waals surface area contributed by atoms with Gasteiger partial charge in [0.05, 0.1) is 0 Å². The zero-order chi connectivity index (χ0) is 14.5. The van der Waals surface area contributed by atoms with Crippen LogP contribution < -0.4 is 10.2 Å². The molecule has 0 aromatic carbocycles. The van der Waals surface area contributed by atoms with Gasteiger partial charge in [0, 0.05) is 25.3 Å². The Balaban J connectivity index is 2.23. The second-order valence-electron chi connectivity index (χ2n) is 6.24. The predicted molar refractivity (Wildman–Crippen MR) is 86.4 cm³/mol. The summed E-state index contributed by atoms with van der Waals surface area (Å²) in [5.41, 5.74) is 2.56. The Morgan fingerprint density at radius 3 is 2.60 bits per heavy atom. The van der Waals surface area contributed by atoms with Crippen LogP contribution in [0.15, 0.2) is 12.1 Å². The van der Waals surface area contributed by atoms with Crippen LogP contribution >= 0.6 is 0 Å². The highest BCUT2D eigenvalue weighted by Crippen LogP contribution is 2.27. The number of hydrogen-bond donors (Lipinski definition) is 1. The fraction of sp³-hybridized carbons (Fsp3) is 0.706. The van der Waals surface area contributed by atoms with Crippen LogP contribution in [0.5, 0.6) is 0 Å². The first kappa shape index (κ1) is 15.3. The van der Waals surface area contributed by atoms with E-state index >= 15 is 0 Å². The van der Waals surface area contributed by atoms with Crippen molar-refractivity contribution in [3.63, 3.8) is 0 Å². The van der Waals surface area contributed by atoms with Crippen LogP contribution in [0.25, 0.3) is 0 Å². The van der Waals surface area contributed by atoms with Crippen molar-refractivity contribution in [3.05, 3.63) is 23.4 Å². The maximum absolute atomic E-state index is 4.88. The van der Waals surface area contributed by atoms with Gasteiger partial charge < -0.3 is 10.2 Å². The summed E-state index contributed by atoms with van der Waals surface area (Å²) in [7, 11) is 2.21. The van der Waals surface area contributed by atoms with Crippen molar-refractivity contribution >= 4 is 5.82 Å². The second kappa shape index (κ2) is 7.07. The molecule has 3 heteroatoms. The Morgan fingerprint density at radius 1 is 1.30 bits per heavy atom. The molecule has 0 atom stereocenters. The molecule has 20 heavy (non-hydrogen) atoms. The fourth-order valence-corrected chi connectivity index (χ4v) is 2.92. The van der Waals surface area contributed by atoms with Gasteiger partial charge in [0.25, 0.3) is 0 Å². The lowest BCUT2D eigenvalue weighted by Crippen LogP contribution is -2.30. The lowest BCUT2D eigenvalue weighted by atomic mass is 10.1. The van der Waals surface area contributed by atoms with Crippen molar-refractivity contribution in [1.82, 2.24) is 10.3 Å². The fourth-order valence-electron chi connectivity index (χ4n) is 2.92. The summed E-state index contributed by atoms with van der Waals surface area (Å²) < 4.78 is 0. The largest absolute Gasteiger partial charge is 0.357 e. The van der Waals surface area contributed by atoms with E-state index in [0.717, 1.165) is 18.9 Å². The molecule has 0 bridgehead atoms. The van der Waals surface area contributed by atoms with Gasteiger partial charge in [0.1, 0.15) is 5.82 Å². The molecule has 0 unspecified atom stereocenters. The van der Waals surface area contributed by atoms with Gasteiger partial charge in [-0.1, -0.05) is 33.6 Å². The number of rotatable bonds is 6. The molecule has 0 amide bonds. The Hall–Kier alpha value is -1.09. The molecule has 0 aliphatic heterocycles. The van der Waals surface area contributed by atoms with Gasteiger partial charge in [-0.05, 0) is 43.0 Å². The molecule has 0 saturated heterocycles. The standard InChI is InChI=1S/C17H29N3/c1-5-18-12-14-10-16(13(2)3)19-17(11-14)20(4)15-8-6-7-9-15/h10-11,13,15,18H,5-9,12H2,1-4H3. The van der Waals surface area contributed by atoms with Gasteiger partial charge in [-0.25, -0.2) is 4.98 Å². The number of nitrogens with zero attached hydrogens (tertiary/aromatic N) is 2. The average molecular weight is 275 g/mol. The minimum Gasteiger partial charge on any atom is -0.357 e. The highest BCUT2D eigenvalue weighted by atomic mass is 15.2. The summed E-state index contributed by atoms with van der Waals surface area (Å²) in [4.78, 5) is 7.28. The topological polar surface area (TPSA) is 28.2 Å². The zero-order valence-electron chi connectivity index (χ0n) is 13.4. The van der Waals surface area contributed by atoms with Crippen LogP contribution in [0.4, 0.5) is 5.82 Å². The molecule has 1 N–H and O–H groups in total. The van der Waals surface area contributed by atoms with E-state index in [9.17, 15) is 0 Å². The van der Waals surface area contributed by atoms with Gasteiger partial charge in [0.2, 0.25) is 0 Å². The molecule has 1 saturated carbocycles. The van der Waals surface area contributed by atoms with Crippen molar-refractivity contribution in [2.75, 3.05) is 18.5 Å². The van der Waals surface area contributed by atoms with Crippen molar-refractivity contribution < 1.29 is 0 Å². The van der Waals surface area contributed by atoms with Crippen LogP contribution in [0.1, 0.15) is 63.6 Å². The molecule has 1 heterocycles. The Labute approximate surface area is 123 Å². The van der Waals surface area contributed by atoms with E-state index in [1.165, 1.54) is 36.9 Å². The van der Waals surface area contributed by atoms with E-state index in [1.54, 1.807) is 0 Å². The molecule has 2 rings (SSSR count). The Morgan fingerprint density at radius 2 is 2.00 bits per heavy atom. The second-order valence-corrected chi connectivity index (χ2v) is 6.24. The summed E-state index contributed by atoms with van der Waals surface area (Å²) in [5.74, 6) is 1.63. The van der Waals surface area contributed by atoms with Gasteiger partial charge >= 0.3 is 0 Å². The molecule has 1 aliphatic carbocycles. The summed E-state index contributed by atoms with van der Waals surface area (Å²) in [6, 6.07) is 5.18. The predicted octanol–water partition coefficient (Wildman–Crippen LogP) is 3.69. The van der Waals surface area contributed by atoms with Gasteiger partial charge in [-0.3, -0.25) is 0 Å². The monoisotopic (exact) mass is 275 g/mol. The maximum Gasteiger partial charge on any atom is 0.129 e. The SMILES string of the molecule is CCNCc1cc(C(C)C)nc(N(C)C2CCCC2)c1. The quantitative estimate of drug-likeness (QED) is 0.858. The number of pyridine rings is 1. The van der Waals surface area contributed by atoms with E-state index in [4.69, 9.17) is 4.98 Å². The highest BCUT2D eigenvalue weighted by molar-refractivity contribution is 5.43.